The molecule has 2 N–H and O–H groups in total. The fourth-order valence-electron chi connectivity index (χ4n) is 2.40. The van der Waals surface area contributed by atoms with Crippen molar-refractivity contribution in [3.05, 3.63) is 66.0 Å². The monoisotopic (exact) mass is 310 g/mol. The number of aliphatic hydroxyl groups excluding tert-OH is 1. The Morgan fingerprint density at radius 2 is 1.87 bits per heavy atom. The number of nitrogens with zero attached hydrogens (tertiary/aromatic N) is 1. The minimum Gasteiger partial charge on any atom is -0.395 e. The molecule has 1 heterocycles. The van der Waals surface area contributed by atoms with Crippen molar-refractivity contribution in [2.45, 2.75) is 0 Å². The SMILES string of the molecule is O=C(NCCO)c1cc(-c2ccc(F)cc2)nc2ccccc12. The number of hydrogen-bond donors (Lipinski definition) is 2. The molecule has 0 bridgehead atoms. The van der Waals surface area contributed by atoms with Crippen LogP contribution >= 0.6 is 0 Å². The highest BCUT2D eigenvalue weighted by atomic mass is 19.1. The third kappa shape index (κ3) is 3.19. The normalized spacial score (nSPS) is 10.7. The molecule has 2 aromatic carbocycles. The highest BCUT2D eigenvalue weighted by Crippen LogP contribution is 2.25. The van der Waals surface area contributed by atoms with Gasteiger partial charge in [0, 0.05) is 17.5 Å². The second kappa shape index (κ2) is 6.54. The highest BCUT2D eigenvalue weighted by Gasteiger charge is 2.13. The van der Waals surface area contributed by atoms with Crippen LogP contribution in [-0.2, 0) is 0 Å². The van der Waals surface area contributed by atoms with Crippen LogP contribution in [0.1, 0.15) is 10.4 Å². The summed E-state index contributed by atoms with van der Waals surface area (Å²) in [6, 6.07) is 15.0. The molecule has 0 saturated heterocycles. The van der Waals surface area contributed by atoms with Gasteiger partial charge in [0.05, 0.1) is 23.4 Å². The summed E-state index contributed by atoms with van der Waals surface area (Å²) in [6.45, 7) is 0.0565. The average molecular weight is 310 g/mol. The number of pyridine rings is 1. The number of rotatable bonds is 4. The van der Waals surface area contributed by atoms with E-state index in [-0.39, 0.29) is 24.9 Å². The van der Waals surface area contributed by atoms with Crippen LogP contribution in [0.5, 0.6) is 0 Å². The average Bonchev–Trinajstić information content (AvgIpc) is 2.59. The molecule has 5 heteroatoms. The number of nitrogens with one attached hydrogen (secondary N) is 1. The lowest BCUT2D eigenvalue weighted by Crippen LogP contribution is -2.26. The van der Waals surface area contributed by atoms with Crippen LogP contribution in [0.15, 0.2) is 54.6 Å². The first kappa shape index (κ1) is 15.1. The van der Waals surface area contributed by atoms with Gasteiger partial charge in [-0.2, -0.15) is 0 Å². The summed E-state index contributed by atoms with van der Waals surface area (Å²) < 4.78 is 13.1. The molecule has 1 aromatic heterocycles. The lowest BCUT2D eigenvalue weighted by atomic mass is 10.0. The maximum absolute atomic E-state index is 13.1. The minimum absolute atomic E-state index is 0.125. The van der Waals surface area contributed by atoms with Gasteiger partial charge in [0.1, 0.15) is 5.82 Å². The van der Waals surface area contributed by atoms with Gasteiger partial charge in [-0.15, -0.1) is 0 Å². The molecule has 0 fully saturated rings. The molecule has 0 spiro atoms. The number of amides is 1. The van der Waals surface area contributed by atoms with E-state index < -0.39 is 0 Å². The van der Waals surface area contributed by atoms with Gasteiger partial charge in [-0.05, 0) is 36.4 Å². The van der Waals surface area contributed by atoms with Crippen LogP contribution < -0.4 is 5.32 Å². The Bertz CT molecular complexity index is 847. The maximum Gasteiger partial charge on any atom is 0.252 e. The molecule has 3 aromatic rings. The second-order valence-electron chi connectivity index (χ2n) is 5.06. The first-order chi connectivity index (χ1) is 11.2. The zero-order chi connectivity index (χ0) is 16.2. The van der Waals surface area contributed by atoms with Crippen LogP contribution in [-0.4, -0.2) is 29.1 Å². The number of hydrogen-bond acceptors (Lipinski definition) is 3. The van der Waals surface area contributed by atoms with Crippen molar-refractivity contribution in [3.63, 3.8) is 0 Å². The van der Waals surface area contributed by atoms with E-state index in [4.69, 9.17) is 5.11 Å². The van der Waals surface area contributed by atoms with E-state index >= 15 is 0 Å². The van der Waals surface area contributed by atoms with Crippen molar-refractivity contribution in [3.8, 4) is 11.3 Å². The summed E-state index contributed by atoms with van der Waals surface area (Å²) in [5, 5.41) is 12.3. The van der Waals surface area contributed by atoms with Crippen molar-refractivity contribution < 1.29 is 14.3 Å². The summed E-state index contributed by atoms with van der Waals surface area (Å²) in [5.74, 6) is -0.600. The molecule has 4 nitrogen and oxygen atoms in total. The third-order valence-electron chi connectivity index (χ3n) is 3.50. The van der Waals surface area contributed by atoms with Crippen LogP contribution in [0, 0.1) is 5.82 Å². The number of aliphatic hydroxyl groups is 1. The molecule has 0 aliphatic heterocycles. The molecule has 23 heavy (non-hydrogen) atoms. The van der Waals surface area contributed by atoms with Gasteiger partial charge >= 0.3 is 0 Å². The van der Waals surface area contributed by atoms with Crippen molar-refractivity contribution >= 4 is 16.8 Å². The fourth-order valence-corrected chi connectivity index (χ4v) is 2.40. The van der Waals surface area contributed by atoms with E-state index in [0.717, 1.165) is 10.9 Å². The zero-order valence-electron chi connectivity index (χ0n) is 12.3. The Hall–Kier alpha value is -2.79. The zero-order valence-corrected chi connectivity index (χ0v) is 12.3. The van der Waals surface area contributed by atoms with Gasteiger partial charge < -0.3 is 10.4 Å². The summed E-state index contributed by atoms with van der Waals surface area (Å²) >= 11 is 0. The van der Waals surface area contributed by atoms with Gasteiger partial charge in [-0.1, -0.05) is 18.2 Å². The topological polar surface area (TPSA) is 62.2 Å². The summed E-state index contributed by atoms with van der Waals surface area (Å²) in [7, 11) is 0. The van der Waals surface area contributed by atoms with Gasteiger partial charge in [0.15, 0.2) is 0 Å². The van der Waals surface area contributed by atoms with Crippen molar-refractivity contribution in [1.82, 2.24) is 10.3 Å². The molecule has 0 saturated carbocycles. The number of para-hydroxylation sites is 1. The van der Waals surface area contributed by atoms with Gasteiger partial charge in [0.2, 0.25) is 0 Å². The molecule has 0 unspecified atom stereocenters. The number of benzene rings is 2. The molecule has 3 rings (SSSR count). The molecule has 1 amide bonds. The highest BCUT2D eigenvalue weighted by molar-refractivity contribution is 6.07. The molecule has 116 valence electrons. The number of fused-ring (bicyclic) bond motifs is 1. The second-order valence-corrected chi connectivity index (χ2v) is 5.06. The number of aromatic nitrogens is 1. The van der Waals surface area contributed by atoms with Crippen LogP contribution in [0.3, 0.4) is 0 Å². The smallest absolute Gasteiger partial charge is 0.252 e. The number of carbonyl (C=O) groups is 1. The maximum atomic E-state index is 13.1. The quantitative estimate of drug-likeness (QED) is 0.779. The molecule has 0 aliphatic rings. The predicted octanol–water partition coefficient (Wildman–Crippen LogP) is 2.76. The standard InChI is InChI=1S/C18H15FN2O2/c19-13-7-5-12(6-8-13)17-11-15(18(23)20-9-10-22)14-3-1-2-4-16(14)21-17/h1-8,11,22H,9-10H2,(H,20,23). The Morgan fingerprint density at radius 3 is 2.61 bits per heavy atom. The lowest BCUT2D eigenvalue weighted by molar-refractivity contribution is 0.0946. The third-order valence-corrected chi connectivity index (χ3v) is 3.50. The van der Waals surface area contributed by atoms with E-state index in [1.54, 1.807) is 18.2 Å². The first-order valence-electron chi connectivity index (χ1n) is 7.24. The lowest BCUT2D eigenvalue weighted by Gasteiger charge is -2.10. The van der Waals surface area contributed by atoms with Crippen molar-refractivity contribution in [2.75, 3.05) is 13.2 Å². The van der Waals surface area contributed by atoms with E-state index in [1.807, 2.05) is 24.3 Å². The summed E-state index contributed by atoms with van der Waals surface area (Å²) in [6.07, 6.45) is 0. The number of carbonyl (C=O) groups excluding carboxylic acids is 1. The summed E-state index contributed by atoms with van der Waals surface area (Å²) in [5.41, 5.74) is 2.48. The van der Waals surface area contributed by atoms with Crippen LogP contribution in [0.4, 0.5) is 4.39 Å². The van der Waals surface area contributed by atoms with Crippen molar-refractivity contribution in [2.24, 2.45) is 0 Å². The van der Waals surface area contributed by atoms with E-state index in [0.29, 0.717) is 16.8 Å². The molecule has 0 atom stereocenters. The molecule has 0 aliphatic carbocycles. The van der Waals surface area contributed by atoms with Crippen molar-refractivity contribution in [1.29, 1.82) is 0 Å². The van der Waals surface area contributed by atoms with Gasteiger partial charge in [-0.25, -0.2) is 9.37 Å². The van der Waals surface area contributed by atoms with Crippen LogP contribution in [0.2, 0.25) is 0 Å². The molecule has 0 radical (unpaired) electrons. The largest absolute Gasteiger partial charge is 0.395 e. The van der Waals surface area contributed by atoms with Gasteiger partial charge in [0.25, 0.3) is 5.91 Å². The molecular weight excluding hydrogens is 295 g/mol. The summed E-state index contributed by atoms with van der Waals surface area (Å²) in [4.78, 5) is 16.9. The number of halogens is 1. The van der Waals surface area contributed by atoms with Gasteiger partial charge in [-0.3, -0.25) is 4.79 Å². The van der Waals surface area contributed by atoms with E-state index in [2.05, 4.69) is 10.3 Å². The Labute approximate surface area is 132 Å². The Morgan fingerprint density at radius 1 is 1.13 bits per heavy atom. The Kier molecular flexibility index (Phi) is 4.30. The predicted molar refractivity (Wildman–Crippen MR) is 86.6 cm³/mol. The van der Waals surface area contributed by atoms with E-state index in [1.165, 1.54) is 12.1 Å². The minimum atomic E-state index is -0.324. The Balaban J connectivity index is 2.13. The molecular formula is C18H15FN2O2. The van der Waals surface area contributed by atoms with Crippen LogP contribution in [0.25, 0.3) is 22.2 Å². The fraction of sp³-hybridized carbons (Fsp3) is 0.111. The van der Waals surface area contributed by atoms with E-state index in [9.17, 15) is 9.18 Å². The first-order valence-corrected chi connectivity index (χ1v) is 7.24.